The fraction of sp³-hybridized carbons (Fsp3) is 0.462. The third-order valence-corrected chi connectivity index (χ3v) is 8.94. The molecular formula is C26H31F3N6O3S. The summed E-state index contributed by atoms with van der Waals surface area (Å²) in [5.41, 5.74) is 2.54. The highest BCUT2D eigenvalue weighted by molar-refractivity contribution is 7.86. The number of Topliss-reactive ketones (excluding diaryl/α,β-unsaturated/α-hetero) is 1. The SMILES string of the molecule is Cc1cc(CC(=O)c2cnn(-c3ccc(C(F)(F)F)cn3)c2C)cnc1C1CCCN(S(=O)(=O)N(C)C)CC1. The summed E-state index contributed by atoms with van der Waals surface area (Å²) < 4.78 is 67.7. The van der Waals surface area contributed by atoms with Gasteiger partial charge in [-0.1, -0.05) is 6.07 Å². The summed E-state index contributed by atoms with van der Waals surface area (Å²) in [4.78, 5) is 21.6. The first-order valence-corrected chi connectivity index (χ1v) is 13.9. The predicted molar refractivity (Wildman–Crippen MR) is 139 cm³/mol. The zero-order valence-corrected chi connectivity index (χ0v) is 23.1. The van der Waals surface area contributed by atoms with E-state index in [0.29, 0.717) is 30.8 Å². The maximum Gasteiger partial charge on any atom is 0.417 e. The van der Waals surface area contributed by atoms with E-state index >= 15 is 0 Å². The van der Waals surface area contributed by atoms with Crippen molar-refractivity contribution in [3.63, 3.8) is 0 Å². The van der Waals surface area contributed by atoms with Gasteiger partial charge in [-0.2, -0.15) is 35.3 Å². The lowest BCUT2D eigenvalue weighted by Crippen LogP contribution is -2.40. The van der Waals surface area contributed by atoms with Gasteiger partial charge < -0.3 is 0 Å². The monoisotopic (exact) mass is 564 g/mol. The van der Waals surface area contributed by atoms with Crippen molar-refractivity contribution >= 4 is 16.0 Å². The highest BCUT2D eigenvalue weighted by atomic mass is 32.2. The summed E-state index contributed by atoms with van der Waals surface area (Å²) in [6.07, 6.45) is 1.62. The van der Waals surface area contributed by atoms with Gasteiger partial charge in [0, 0.05) is 57.6 Å². The lowest BCUT2D eigenvalue weighted by Gasteiger charge is -2.24. The molecule has 4 rings (SSSR count). The lowest BCUT2D eigenvalue weighted by molar-refractivity contribution is -0.137. The number of alkyl halides is 3. The number of aryl methyl sites for hydroxylation is 1. The molecule has 1 atom stereocenters. The number of carbonyl (C=O) groups excluding carboxylic acids is 1. The quantitative estimate of drug-likeness (QED) is 0.401. The Hall–Kier alpha value is -3.16. The molecule has 0 bridgehead atoms. The fourth-order valence-electron chi connectivity index (χ4n) is 4.85. The molecule has 1 fully saturated rings. The minimum atomic E-state index is -4.49. The normalized spacial score (nSPS) is 17.4. The third kappa shape index (κ3) is 6.20. The molecule has 39 heavy (non-hydrogen) atoms. The van der Waals surface area contributed by atoms with Crippen LogP contribution in [0.25, 0.3) is 5.82 Å². The van der Waals surface area contributed by atoms with E-state index in [0.717, 1.165) is 41.9 Å². The highest BCUT2D eigenvalue weighted by Gasteiger charge is 2.31. The van der Waals surface area contributed by atoms with Crippen molar-refractivity contribution in [1.29, 1.82) is 0 Å². The summed E-state index contributed by atoms with van der Waals surface area (Å²) in [5, 5.41) is 4.16. The van der Waals surface area contributed by atoms with Crippen molar-refractivity contribution in [3.05, 3.63) is 70.4 Å². The van der Waals surface area contributed by atoms with Crippen molar-refractivity contribution in [3.8, 4) is 5.82 Å². The van der Waals surface area contributed by atoms with Gasteiger partial charge >= 0.3 is 6.18 Å². The van der Waals surface area contributed by atoms with E-state index in [4.69, 9.17) is 0 Å². The van der Waals surface area contributed by atoms with Crippen LogP contribution in [0.1, 0.15) is 63.6 Å². The van der Waals surface area contributed by atoms with E-state index in [9.17, 15) is 26.4 Å². The molecule has 1 aliphatic rings. The number of carbonyl (C=O) groups is 1. The average molecular weight is 565 g/mol. The summed E-state index contributed by atoms with van der Waals surface area (Å²) in [6.45, 7) is 4.49. The third-order valence-electron chi connectivity index (χ3n) is 7.00. The van der Waals surface area contributed by atoms with E-state index in [1.165, 1.54) is 39.7 Å². The van der Waals surface area contributed by atoms with Gasteiger partial charge in [0.25, 0.3) is 10.2 Å². The van der Waals surface area contributed by atoms with Crippen molar-refractivity contribution in [2.75, 3.05) is 27.2 Å². The van der Waals surface area contributed by atoms with Crippen LogP contribution < -0.4 is 0 Å². The number of aromatic nitrogens is 4. The van der Waals surface area contributed by atoms with Crippen LogP contribution in [-0.4, -0.2) is 69.7 Å². The van der Waals surface area contributed by atoms with E-state index in [1.807, 2.05) is 13.0 Å². The van der Waals surface area contributed by atoms with Crippen molar-refractivity contribution in [2.24, 2.45) is 0 Å². The molecule has 0 aliphatic carbocycles. The maximum atomic E-state index is 13.1. The molecule has 3 aromatic rings. The standard InChI is InChI=1S/C26H31F3N6O3S/c1-17-12-19(14-31-25(17)20-6-5-10-34(11-9-20)39(37,38)33(3)4)13-23(36)22-16-32-35(18(22)2)24-8-7-21(15-30-24)26(27,28)29/h7-8,12,14-16,20H,5-6,9-11,13H2,1-4H3. The zero-order valence-electron chi connectivity index (χ0n) is 22.2. The first-order chi connectivity index (χ1) is 18.3. The zero-order chi connectivity index (χ0) is 28.5. The molecule has 3 aromatic heterocycles. The van der Waals surface area contributed by atoms with Gasteiger partial charge in [-0.25, -0.2) is 9.67 Å². The second kappa shape index (κ2) is 11.1. The molecule has 0 saturated carbocycles. The summed E-state index contributed by atoms with van der Waals surface area (Å²) in [5.74, 6) is 0.106. The number of hydrogen-bond donors (Lipinski definition) is 0. The minimum Gasteiger partial charge on any atom is -0.294 e. The Morgan fingerprint density at radius 1 is 1.08 bits per heavy atom. The van der Waals surface area contributed by atoms with E-state index < -0.39 is 21.9 Å². The predicted octanol–water partition coefficient (Wildman–Crippen LogP) is 4.10. The van der Waals surface area contributed by atoms with Crippen molar-refractivity contribution in [1.82, 2.24) is 28.4 Å². The topological polar surface area (TPSA) is 101 Å². The van der Waals surface area contributed by atoms with Crippen LogP contribution in [0.15, 0.2) is 36.8 Å². The Morgan fingerprint density at radius 3 is 2.44 bits per heavy atom. The van der Waals surface area contributed by atoms with E-state index in [2.05, 4.69) is 15.1 Å². The Balaban J connectivity index is 1.45. The maximum absolute atomic E-state index is 13.1. The largest absolute Gasteiger partial charge is 0.417 e. The van der Waals surface area contributed by atoms with Crippen LogP contribution in [0.3, 0.4) is 0 Å². The van der Waals surface area contributed by atoms with Gasteiger partial charge in [0.2, 0.25) is 0 Å². The smallest absolute Gasteiger partial charge is 0.294 e. The van der Waals surface area contributed by atoms with Crippen LogP contribution in [0.4, 0.5) is 13.2 Å². The second-order valence-corrected chi connectivity index (χ2v) is 12.1. The second-order valence-electron chi connectivity index (χ2n) is 9.92. The molecule has 1 saturated heterocycles. The minimum absolute atomic E-state index is 0.0839. The van der Waals surface area contributed by atoms with Crippen molar-refractivity contribution < 1.29 is 26.4 Å². The average Bonchev–Trinajstić information content (AvgIpc) is 3.08. The Morgan fingerprint density at radius 2 is 1.82 bits per heavy atom. The summed E-state index contributed by atoms with van der Waals surface area (Å²) >= 11 is 0. The molecule has 1 unspecified atom stereocenters. The van der Waals surface area contributed by atoms with E-state index in [1.54, 1.807) is 13.1 Å². The molecule has 0 spiro atoms. The van der Waals surface area contributed by atoms with Crippen LogP contribution in [0.2, 0.25) is 0 Å². The molecule has 13 heteroatoms. The molecule has 1 aliphatic heterocycles. The first-order valence-electron chi connectivity index (χ1n) is 12.5. The molecule has 0 radical (unpaired) electrons. The molecular weight excluding hydrogens is 533 g/mol. The van der Waals surface area contributed by atoms with E-state index in [-0.39, 0.29) is 23.9 Å². The molecule has 0 N–H and O–H groups in total. The van der Waals surface area contributed by atoms with Crippen LogP contribution in [0.5, 0.6) is 0 Å². The number of ketones is 1. The van der Waals surface area contributed by atoms with Crippen LogP contribution >= 0.6 is 0 Å². The van der Waals surface area contributed by atoms with Crippen LogP contribution in [0, 0.1) is 13.8 Å². The van der Waals surface area contributed by atoms with Gasteiger partial charge in [-0.15, -0.1) is 0 Å². The molecule has 9 nitrogen and oxygen atoms in total. The molecule has 4 heterocycles. The number of hydrogen-bond acceptors (Lipinski definition) is 6. The summed E-state index contributed by atoms with van der Waals surface area (Å²) in [7, 11) is -0.402. The Kier molecular flexibility index (Phi) is 8.24. The fourth-order valence-corrected chi connectivity index (χ4v) is 6.00. The summed E-state index contributed by atoms with van der Waals surface area (Å²) in [6, 6.07) is 4.07. The number of rotatable bonds is 7. The van der Waals surface area contributed by atoms with Crippen molar-refractivity contribution in [2.45, 2.75) is 51.6 Å². The number of nitrogens with zero attached hydrogens (tertiary/aromatic N) is 6. The number of halogens is 3. The lowest BCUT2D eigenvalue weighted by atomic mass is 9.92. The van der Waals surface area contributed by atoms with Gasteiger partial charge in [0.15, 0.2) is 11.6 Å². The Labute approximate surface area is 225 Å². The highest BCUT2D eigenvalue weighted by Crippen LogP contribution is 2.31. The first kappa shape index (κ1) is 28.8. The van der Waals surface area contributed by atoms with Gasteiger partial charge in [0.1, 0.15) is 0 Å². The molecule has 210 valence electrons. The Bertz CT molecular complexity index is 1450. The van der Waals surface area contributed by atoms with Crippen LogP contribution in [-0.2, 0) is 22.8 Å². The molecule has 0 aromatic carbocycles. The number of pyridine rings is 2. The molecule has 0 amide bonds. The van der Waals surface area contributed by atoms with Gasteiger partial charge in [-0.05, 0) is 56.4 Å². The van der Waals surface area contributed by atoms with Gasteiger partial charge in [-0.3, -0.25) is 9.78 Å². The van der Waals surface area contributed by atoms with Gasteiger partial charge in [0.05, 0.1) is 23.0 Å².